The average Bonchev–Trinajstić information content (AvgIpc) is 3.73. The van der Waals surface area contributed by atoms with Crippen molar-refractivity contribution in [3.05, 3.63) is 164 Å². The normalized spacial score (nSPS) is 12.4. The van der Waals surface area contributed by atoms with E-state index < -0.39 is 0 Å². The molecule has 0 fully saturated rings. The number of nitrogens with zero attached hydrogens (tertiary/aromatic N) is 3. The van der Waals surface area contributed by atoms with E-state index in [4.69, 9.17) is 14.4 Å². The molecule has 0 radical (unpaired) electrons. The van der Waals surface area contributed by atoms with E-state index in [2.05, 4.69) is 156 Å². The first-order chi connectivity index (χ1) is 27.3. The molecule has 0 unspecified atom stereocenters. The molecular weight excluding hydrogens is 691 g/mol. The molecule has 0 aliphatic heterocycles. The van der Waals surface area contributed by atoms with Crippen molar-refractivity contribution >= 4 is 108 Å². The van der Waals surface area contributed by atoms with Crippen LogP contribution in [0.15, 0.2) is 168 Å². The highest BCUT2D eigenvalue weighted by molar-refractivity contribution is 7.25. The number of para-hydroxylation sites is 2. The molecular formula is C50H27N3OS. The van der Waals surface area contributed by atoms with Crippen LogP contribution in [0, 0.1) is 0 Å². The molecule has 4 aromatic heterocycles. The summed E-state index contributed by atoms with van der Waals surface area (Å²) in [6.45, 7) is 0. The van der Waals surface area contributed by atoms with Crippen LogP contribution in [0.4, 0.5) is 0 Å². The summed E-state index contributed by atoms with van der Waals surface area (Å²) in [5.74, 6) is 0. The number of thiophene rings is 1. The number of hydrogen-bond acceptors (Lipinski definition) is 4. The maximum absolute atomic E-state index is 6.69. The summed E-state index contributed by atoms with van der Waals surface area (Å²) in [6.07, 6.45) is 0. The number of fused-ring (bicyclic) bond motifs is 5. The van der Waals surface area contributed by atoms with Crippen LogP contribution in [-0.2, 0) is 0 Å². The van der Waals surface area contributed by atoms with E-state index >= 15 is 0 Å². The van der Waals surface area contributed by atoms with E-state index in [-0.39, 0.29) is 0 Å². The van der Waals surface area contributed by atoms with Crippen LogP contribution < -0.4 is 0 Å². The minimum Gasteiger partial charge on any atom is -0.456 e. The van der Waals surface area contributed by atoms with Gasteiger partial charge in [-0.25, -0.2) is 9.97 Å². The molecule has 5 heteroatoms. The van der Waals surface area contributed by atoms with Gasteiger partial charge in [-0.05, 0) is 76.8 Å². The van der Waals surface area contributed by atoms with Crippen LogP contribution in [0.25, 0.3) is 125 Å². The Balaban J connectivity index is 1.11. The third-order valence-corrected chi connectivity index (χ3v) is 12.7. The van der Waals surface area contributed by atoms with Crippen LogP contribution in [-0.4, -0.2) is 14.5 Å². The topological polar surface area (TPSA) is 43.9 Å². The molecule has 0 bridgehead atoms. The number of aromatic nitrogens is 3. The second-order valence-electron chi connectivity index (χ2n) is 14.5. The molecule has 55 heavy (non-hydrogen) atoms. The smallest absolute Gasteiger partial charge is 0.135 e. The predicted molar refractivity (Wildman–Crippen MR) is 231 cm³/mol. The zero-order valence-corrected chi connectivity index (χ0v) is 30.1. The molecule has 254 valence electrons. The molecule has 9 aromatic carbocycles. The second-order valence-corrected chi connectivity index (χ2v) is 15.5. The predicted octanol–water partition coefficient (Wildman–Crippen LogP) is 14.1. The van der Waals surface area contributed by atoms with Gasteiger partial charge in [0.15, 0.2) is 0 Å². The van der Waals surface area contributed by atoms with Gasteiger partial charge in [0.1, 0.15) is 11.2 Å². The Hall–Kier alpha value is -7.08. The van der Waals surface area contributed by atoms with Gasteiger partial charge in [-0.2, -0.15) is 0 Å². The highest BCUT2D eigenvalue weighted by Gasteiger charge is 2.24. The van der Waals surface area contributed by atoms with Crippen molar-refractivity contribution in [1.29, 1.82) is 0 Å². The SMILES string of the molecule is c1ccc2nc(-c3ccc(-n4c5ccc6cccc7oc8cccc9ccc4c(c98)c5c67)c4ccccc34)c(-c3ccc4c(c3)sc3ccccc34)nc2c1. The molecule has 13 aromatic rings. The van der Waals surface area contributed by atoms with Crippen molar-refractivity contribution in [2.24, 2.45) is 0 Å². The highest BCUT2D eigenvalue weighted by atomic mass is 32.1. The molecule has 0 spiro atoms. The van der Waals surface area contributed by atoms with E-state index in [9.17, 15) is 0 Å². The first kappa shape index (κ1) is 29.4. The third-order valence-electron chi connectivity index (χ3n) is 11.5. The first-order valence-electron chi connectivity index (χ1n) is 18.6. The van der Waals surface area contributed by atoms with Gasteiger partial charge in [-0.3, -0.25) is 0 Å². The van der Waals surface area contributed by atoms with Crippen LogP contribution in [0.5, 0.6) is 0 Å². The molecule has 0 aliphatic carbocycles. The van der Waals surface area contributed by atoms with Gasteiger partial charge in [-0.15, -0.1) is 11.3 Å². The summed E-state index contributed by atoms with van der Waals surface area (Å²) in [7, 11) is 0. The van der Waals surface area contributed by atoms with Gasteiger partial charge in [0.25, 0.3) is 0 Å². The lowest BCUT2D eigenvalue weighted by atomic mass is 9.96. The Labute approximate surface area is 317 Å². The lowest BCUT2D eigenvalue weighted by molar-refractivity contribution is 0.664. The molecule has 4 heterocycles. The molecule has 0 aliphatic rings. The van der Waals surface area contributed by atoms with E-state index in [1.54, 1.807) is 0 Å². The van der Waals surface area contributed by atoms with Crippen molar-refractivity contribution in [3.8, 4) is 28.2 Å². The first-order valence-corrected chi connectivity index (χ1v) is 19.4. The van der Waals surface area contributed by atoms with Crippen molar-refractivity contribution in [3.63, 3.8) is 0 Å². The summed E-state index contributed by atoms with van der Waals surface area (Å²) in [4.78, 5) is 10.7. The highest BCUT2D eigenvalue weighted by Crippen LogP contribution is 2.47. The fourth-order valence-corrected chi connectivity index (χ4v) is 10.3. The Bertz CT molecular complexity index is 3630. The number of benzene rings is 9. The molecule has 0 saturated carbocycles. The summed E-state index contributed by atoms with van der Waals surface area (Å²) in [6, 6.07) is 58.6. The Morgan fingerprint density at radius 1 is 0.436 bits per heavy atom. The van der Waals surface area contributed by atoms with Crippen LogP contribution >= 0.6 is 11.3 Å². The lowest BCUT2D eigenvalue weighted by Crippen LogP contribution is -1.99. The van der Waals surface area contributed by atoms with Crippen molar-refractivity contribution in [2.45, 2.75) is 0 Å². The Morgan fingerprint density at radius 2 is 1.05 bits per heavy atom. The molecule has 4 nitrogen and oxygen atoms in total. The molecule has 0 N–H and O–H groups in total. The molecule has 0 amide bonds. The summed E-state index contributed by atoms with van der Waals surface area (Å²) in [5.41, 5.74) is 10.8. The van der Waals surface area contributed by atoms with Crippen LogP contribution in [0.1, 0.15) is 0 Å². The summed E-state index contributed by atoms with van der Waals surface area (Å²) < 4.78 is 11.7. The quantitative estimate of drug-likeness (QED) is 0.183. The van der Waals surface area contributed by atoms with E-state index in [0.29, 0.717) is 0 Å². The summed E-state index contributed by atoms with van der Waals surface area (Å²) in [5, 5.41) is 11.9. The molecule has 0 atom stereocenters. The minimum absolute atomic E-state index is 0.877. The maximum atomic E-state index is 6.69. The van der Waals surface area contributed by atoms with Crippen molar-refractivity contribution in [1.82, 2.24) is 14.5 Å². The zero-order valence-electron chi connectivity index (χ0n) is 29.2. The molecule has 0 saturated heterocycles. The third kappa shape index (κ3) is 4.00. The lowest BCUT2D eigenvalue weighted by Gasteiger charge is -2.17. The van der Waals surface area contributed by atoms with E-state index in [1.165, 1.54) is 41.7 Å². The maximum Gasteiger partial charge on any atom is 0.135 e. The Kier molecular flexibility index (Phi) is 5.74. The average molecular weight is 718 g/mol. The van der Waals surface area contributed by atoms with Gasteiger partial charge in [0.05, 0.1) is 39.1 Å². The fraction of sp³-hybridized carbons (Fsp3) is 0. The number of rotatable bonds is 3. The van der Waals surface area contributed by atoms with Gasteiger partial charge in [0.2, 0.25) is 0 Å². The fourth-order valence-electron chi connectivity index (χ4n) is 9.17. The standard InChI is InChI=1S/C50H27N3OS/c1-2-12-32-31(11-1)35(50-49(51-36-14-4-5-15-37(36)52-50)30-19-22-34-33-13-3-6-18-43(33)55-44(34)27-30)23-26-38(32)53-39-24-20-28-9-7-16-41-45(28)47(39)48-40(53)25-21-29-10-8-17-42(54-41)46(29)48/h1-27H. The monoisotopic (exact) mass is 717 g/mol. The minimum atomic E-state index is 0.877. The van der Waals surface area contributed by atoms with Gasteiger partial charge >= 0.3 is 0 Å². The van der Waals surface area contributed by atoms with Crippen molar-refractivity contribution < 1.29 is 4.42 Å². The van der Waals surface area contributed by atoms with E-state index in [0.717, 1.165) is 83.0 Å². The van der Waals surface area contributed by atoms with Crippen molar-refractivity contribution in [2.75, 3.05) is 0 Å². The largest absolute Gasteiger partial charge is 0.456 e. The van der Waals surface area contributed by atoms with Gasteiger partial charge in [-0.1, -0.05) is 103 Å². The van der Waals surface area contributed by atoms with Gasteiger partial charge in [0, 0.05) is 58.2 Å². The zero-order chi connectivity index (χ0) is 35.8. The van der Waals surface area contributed by atoms with Gasteiger partial charge < -0.3 is 8.98 Å². The van der Waals surface area contributed by atoms with Crippen LogP contribution in [0.2, 0.25) is 0 Å². The summed E-state index contributed by atoms with van der Waals surface area (Å²) >= 11 is 1.83. The van der Waals surface area contributed by atoms with E-state index in [1.807, 2.05) is 23.5 Å². The second kappa shape index (κ2) is 10.8. The molecule has 13 rings (SSSR count). The van der Waals surface area contributed by atoms with Crippen LogP contribution in [0.3, 0.4) is 0 Å². The number of hydrogen-bond donors (Lipinski definition) is 0. The Morgan fingerprint density at radius 3 is 1.78 bits per heavy atom.